The van der Waals surface area contributed by atoms with Crippen LogP contribution in [-0.2, 0) is 32.7 Å². The lowest BCUT2D eigenvalue weighted by molar-refractivity contribution is 0.0741. The maximum Gasteiger partial charge on any atom is 0.273 e. The highest BCUT2D eigenvalue weighted by atomic mass is 16.2. The minimum atomic E-state index is -0.229. The van der Waals surface area contributed by atoms with E-state index in [-0.39, 0.29) is 35.1 Å². The van der Waals surface area contributed by atoms with Gasteiger partial charge in [-0.25, -0.2) is 19.9 Å². The van der Waals surface area contributed by atoms with Crippen LogP contribution in [0.15, 0.2) is 84.9 Å². The minimum Gasteiger partial charge on any atom is -0.368 e. The van der Waals surface area contributed by atoms with Crippen molar-refractivity contribution in [2.24, 2.45) is 5.73 Å². The highest BCUT2D eigenvalue weighted by molar-refractivity contribution is 6.07. The number of nitrogen functional groups attached to an aromatic ring is 2. The van der Waals surface area contributed by atoms with Gasteiger partial charge in [0.2, 0.25) is 11.9 Å². The number of anilines is 2. The van der Waals surface area contributed by atoms with Crippen molar-refractivity contribution < 1.29 is 14.4 Å². The summed E-state index contributed by atoms with van der Waals surface area (Å²) in [6.07, 6.45) is 0.621. The summed E-state index contributed by atoms with van der Waals surface area (Å²) < 4.78 is 0. The number of nitrogens with zero attached hydrogens (tertiary/aromatic N) is 10. The van der Waals surface area contributed by atoms with Gasteiger partial charge >= 0.3 is 0 Å². The summed E-state index contributed by atoms with van der Waals surface area (Å²) in [5.41, 5.74) is 26.0. The number of benzene rings is 4. The molecule has 2 aliphatic heterocycles. The van der Waals surface area contributed by atoms with E-state index in [9.17, 15) is 14.4 Å². The van der Waals surface area contributed by atoms with Gasteiger partial charge in [0.05, 0.1) is 11.0 Å². The van der Waals surface area contributed by atoms with E-state index in [1.165, 1.54) is 7.05 Å². The van der Waals surface area contributed by atoms with Crippen molar-refractivity contribution in [3.8, 4) is 22.5 Å². The lowest BCUT2D eigenvalue weighted by Crippen LogP contribution is -2.27. The van der Waals surface area contributed by atoms with E-state index in [1.807, 2.05) is 73.8 Å². The van der Waals surface area contributed by atoms with Gasteiger partial charge in [-0.2, -0.15) is 30.8 Å². The third-order valence-corrected chi connectivity index (χ3v) is 10.3. The number of hydrogen-bond acceptors (Lipinski definition) is 15. The third kappa shape index (κ3) is 7.80. The number of amides is 2. The second-order valence-corrected chi connectivity index (χ2v) is 14.0. The summed E-state index contributed by atoms with van der Waals surface area (Å²) in [5, 5.41) is 25.7. The number of aromatic nitrogens is 10. The molecule has 0 unspecified atom stereocenters. The number of H-pyrrole nitrogens is 2. The molecule has 4 aromatic heterocycles. The van der Waals surface area contributed by atoms with Gasteiger partial charge in [0, 0.05) is 54.6 Å². The summed E-state index contributed by atoms with van der Waals surface area (Å²) in [7, 11) is 3.35. The molecule has 19 heteroatoms. The fourth-order valence-electron chi connectivity index (χ4n) is 7.47. The fourth-order valence-corrected chi connectivity index (χ4v) is 7.47. The molecule has 306 valence electrons. The molecule has 0 radical (unpaired) electrons. The van der Waals surface area contributed by atoms with Crippen molar-refractivity contribution in [1.82, 2.24) is 65.9 Å². The van der Waals surface area contributed by atoms with Crippen molar-refractivity contribution in [2.45, 2.75) is 32.7 Å². The molecule has 0 fully saturated rings. The molecule has 0 bridgehead atoms. The first-order valence-corrected chi connectivity index (χ1v) is 19.1. The first-order valence-electron chi connectivity index (χ1n) is 19.1. The lowest BCUT2D eigenvalue weighted by Gasteiger charge is -2.16. The predicted molar refractivity (Wildman–Crippen MR) is 227 cm³/mol. The summed E-state index contributed by atoms with van der Waals surface area (Å²) in [6.45, 7) is 2.70. The van der Waals surface area contributed by atoms with Crippen LogP contribution in [0.3, 0.4) is 0 Å². The van der Waals surface area contributed by atoms with E-state index in [0.717, 1.165) is 39.2 Å². The number of carbonyl (C=O) groups is 3. The van der Waals surface area contributed by atoms with Gasteiger partial charge in [-0.3, -0.25) is 14.4 Å². The van der Waals surface area contributed by atoms with E-state index in [0.29, 0.717) is 77.8 Å². The minimum absolute atomic E-state index is 0.0281. The molecule has 9 N–H and O–H groups in total. The Balaban J connectivity index is 0.000000162. The molecule has 8 aromatic rings. The maximum absolute atomic E-state index is 13.4. The Morgan fingerprint density at radius 2 is 1.08 bits per heavy atom. The van der Waals surface area contributed by atoms with Crippen molar-refractivity contribution in [3.05, 3.63) is 130 Å². The van der Waals surface area contributed by atoms with Crippen LogP contribution in [0.5, 0.6) is 0 Å². The SMILES string of the molecule is CN.CNCc1n[nH]nc1-c1ccc2nc(N)nc(C(=O)N3Cc4ccccc4C3)c2c1.Nc1nc(C(=O)N2Cc3ccccc3C2)c2cc(-c3n[nH]nc3C=O)ccc2n1. The molecule has 61 heavy (non-hydrogen) atoms. The van der Waals surface area contributed by atoms with E-state index < -0.39 is 0 Å². The van der Waals surface area contributed by atoms with Crippen LogP contribution in [0.4, 0.5) is 11.9 Å². The molecule has 2 aliphatic rings. The van der Waals surface area contributed by atoms with E-state index in [2.05, 4.69) is 61.8 Å². The van der Waals surface area contributed by atoms with Gasteiger partial charge in [-0.1, -0.05) is 60.7 Å². The smallest absolute Gasteiger partial charge is 0.273 e. The first-order chi connectivity index (χ1) is 29.8. The van der Waals surface area contributed by atoms with E-state index >= 15 is 0 Å². The van der Waals surface area contributed by atoms with Crippen LogP contribution in [0.25, 0.3) is 44.3 Å². The Morgan fingerprint density at radius 1 is 0.639 bits per heavy atom. The van der Waals surface area contributed by atoms with Gasteiger partial charge in [0.1, 0.15) is 28.5 Å². The molecule has 0 spiro atoms. The Hall–Kier alpha value is -8.03. The molecule has 10 rings (SSSR count). The number of nitrogens with two attached hydrogens (primary N) is 3. The largest absolute Gasteiger partial charge is 0.368 e. The van der Waals surface area contributed by atoms with E-state index in [4.69, 9.17) is 11.5 Å². The third-order valence-electron chi connectivity index (χ3n) is 10.3. The summed E-state index contributed by atoms with van der Waals surface area (Å²) >= 11 is 0. The molecule has 0 atom stereocenters. The summed E-state index contributed by atoms with van der Waals surface area (Å²) in [5.74, 6) is -0.292. The van der Waals surface area contributed by atoms with Crippen molar-refractivity contribution >= 4 is 51.8 Å². The normalized spacial score (nSPS) is 12.6. The number of rotatable bonds is 7. The molecule has 6 heterocycles. The number of hydrogen-bond donors (Lipinski definition) is 6. The van der Waals surface area contributed by atoms with Crippen LogP contribution in [0.2, 0.25) is 0 Å². The maximum atomic E-state index is 13.4. The van der Waals surface area contributed by atoms with Crippen LogP contribution >= 0.6 is 0 Å². The summed E-state index contributed by atoms with van der Waals surface area (Å²) in [6, 6.07) is 26.8. The quantitative estimate of drug-likeness (QED) is 0.126. The van der Waals surface area contributed by atoms with E-state index in [1.54, 1.807) is 28.0 Å². The Bertz CT molecular complexity index is 2890. The predicted octanol–water partition coefficient (Wildman–Crippen LogP) is 3.41. The molecule has 0 saturated heterocycles. The number of aldehydes is 1. The monoisotopic (exact) mass is 816 g/mol. The van der Waals surface area contributed by atoms with Gasteiger partial charge in [-0.05, 0) is 60.6 Å². The molecule has 0 saturated carbocycles. The van der Waals surface area contributed by atoms with Crippen LogP contribution in [-0.4, -0.2) is 92.8 Å². The zero-order valence-corrected chi connectivity index (χ0v) is 33.1. The second kappa shape index (κ2) is 17.1. The van der Waals surface area contributed by atoms with Crippen LogP contribution in [0.1, 0.15) is 59.4 Å². The fraction of sp³-hybridized carbons (Fsp3) is 0.167. The highest BCUT2D eigenvalue weighted by Crippen LogP contribution is 2.31. The van der Waals surface area contributed by atoms with Gasteiger partial charge in [0.25, 0.3) is 11.8 Å². The first kappa shape index (κ1) is 39.8. The topological polar surface area (TPSA) is 282 Å². The molecular weight excluding hydrogens is 777 g/mol. The van der Waals surface area contributed by atoms with Gasteiger partial charge in [0.15, 0.2) is 12.0 Å². The van der Waals surface area contributed by atoms with Gasteiger partial charge in [-0.15, -0.1) is 0 Å². The number of nitrogens with one attached hydrogen (secondary N) is 3. The zero-order chi connectivity index (χ0) is 42.6. The number of aromatic amines is 2. The zero-order valence-electron chi connectivity index (χ0n) is 33.1. The Morgan fingerprint density at radius 3 is 1.54 bits per heavy atom. The molecular formula is C42H40N16O3. The van der Waals surface area contributed by atoms with Crippen LogP contribution < -0.4 is 22.5 Å². The second-order valence-electron chi connectivity index (χ2n) is 14.0. The molecule has 0 aliphatic carbocycles. The number of fused-ring (bicyclic) bond motifs is 4. The molecule has 2 amide bonds. The molecule has 4 aromatic carbocycles. The average molecular weight is 817 g/mol. The van der Waals surface area contributed by atoms with Crippen molar-refractivity contribution in [3.63, 3.8) is 0 Å². The van der Waals surface area contributed by atoms with Crippen LogP contribution in [0, 0.1) is 0 Å². The van der Waals surface area contributed by atoms with Crippen molar-refractivity contribution in [1.29, 1.82) is 0 Å². The summed E-state index contributed by atoms with van der Waals surface area (Å²) in [4.78, 5) is 58.5. The Kier molecular flexibility index (Phi) is 11.1. The standard InChI is InChI=1S/C21H20N8O.C20H15N7O2.CH5N/c1-23-9-17-18(27-28-26-17)12-6-7-16-15(8-12)19(25-21(22)24-16)20(30)29-10-13-4-2-3-5-14(13)11-29;21-20-22-15-6-5-11(17-16(10-28)24-26-25-17)7-14(15)18(23-20)19(29)27-8-12-3-1-2-4-13(12)9-27;1-2/h2-8,23H,9-11H2,1H3,(H2,22,24,25)(H,26,27,28);1-7,10H,8-9H2,(H2,21,22,23)(H,24,25,26);2H2,1H3. The average Bonchev–Trinajstić information content (AvgIpc) is 4.12. The highest BCUT2D eigenvalue weighted by Gasteiger charge is 2.29. The Labute approximate surface area is 347 Å². The number of carbonyl (C=O) groups excluding carboxylic acids is 3. The lowest BCUT2D eigenvalue weighted by atomic mass is 10.0. The van der Waals surface area contributed by atoms with Crippen molar-refractivity contribution in [2.75, 3.05) is 25.6 Å². The van der Waals surface area contributed by atoms with Gasteiger partial charge < -0.3 is 32.3 Å². The molecule has 19 nitrogen and oxygen atoms in total.